The lowest BCUT2D eigenvalue weighted by Gasteiger charge is -2.06. The predicted octanol–water partition coefficient (Wildman–Crippen LogP) is 4.18. The van der Waals surface area contributed by atoms with Crippen LogP contribution in [0.15, 0.2) is 48.0 Å². The van der Waals surface area contributed by atoms with Gasteiger partial charge in [0.1, 0.15) is 0 Å². The summed E-state index contributed by atoms with van der Waals surface area (Å²) in [4.78, 5) is 11.2. The molecule has 0 aliphatic rings. The molecule has 0 saturated carbocycles. The first-order valence-electron chi connectivity index (χ1n) is 4.72. The molecule has 2 rings (SSSR count). The fourth-order valence-electron chi connectivity index (χ4n) is 1.67. The number of hydrogen-bond donors (Lipinski definition) is 0. The van der Waals surface area contributed by atoms with Gasteiger partial charge in [0, 0.05) is 5.54 Å². The summed E-state index contributed by atoms with van der Waals surface area (Å²) in [5.41, 5.74) is 2.30. The molecular formula is C13H8Cl2O. The highest BCUT2D eigenvalue weighted by molar-refractivity contribution is 6.75. The van der Waals surface area contributed by atoms with Gasteiger partial charge in [-0.3, -0.25) is 4.79 Å². The second-order valence-corrected chi connectivity index (χ2v) is 3.88. The summed E-state index contributed by atoms with van der Waals surface area (Å²) in [6, 6.07) is 13.4. The Bertz CT molecular complexity index is 568. The van der Waals surface area contributed by atoms with E-state index in [0.29, 0.717) is 5.57 Å². The normalized spacial score (nSPS) is 11.8. The first kappa shape index (κ1) is 11.2. The Morgan fingerprint density at radius 1 is 1.06 bits per heavy atom. The van der Waals surface area contributed by atoms with Crippen LogP contribution < -0.4 is 0 Å². The molecule has 0 fully saturated rings. The molecule has 1 nitrogen and oxygen atoms in total. The number of fused-ring (bicyclic) bond motifs is 1. The highest BCUT2D eigenvalue weighted by Gasteiger charge is 2.11. The van der Waals surface area contributed by atoms with Gasteiger partial charge in [0.05, 0.1) is 5.57 Å². The van der Waals surface area contributed by atoms with Crippen molar-refractivity contribution in [2.75, 3.05) is 0 Å². The molecule has 2 aromatic carbocycles. The number of hydrogen-bond acceptors (Lipinski definition) is 1. The summed E-state index contributed by atoms with van der Waals surface area (Å²) in [6.07, 6.45) is 0. The quantitative estimate of drug-likeness (QED) is 0.577. The van der Waals surface area contributed by atoms with E-state index in [-0.39, 0.29) is 0 Å². The van der Waals surface area contributed by atoms with Crippen molar-refractivity contribution < 1.29 is 4.79 Å². The van der Waals surface area contributed by atoms with E-state index < -0.39 is 5.24 Å². The van der Waals surface area contributed by atoms with Crippen LogP contribution in [0.5, 0.6) is 0 Å². The van der Waals surface area contributed by atoms with Crippen LogP contribution in [0.1, 0.15) is 5.56 Å². The molecule has 0 saturated heterocycles. The third-order valence-corrected chi connectivity index (χ3v) is 2.82. The maximum absolute atomic E-state index is 11.2. The number of rotatable bonds is 2. The molecule has 80 valence electrons. The molecule has 0 aliphatic heterocycles. The number of carbonyl (C=O) groups excluding carboxylic acids is 1. The smallest absolute Gasteiger partial charge is 0.253 e. The maximum atomic E-state index is 11.2. The lowest BCUT2D eigenvalue weighted by atomic mass is 10.00. The van der Waals surface area contributed by atoms with E-state index in [9.17, 15) is 4.79 Å². The Labute approximate surface area is 103 Å². The van der Waals surface area contributed by atoms with E-state index in [0.717, 1.165) is 16.3 Å². The third kappa shape index (κ3) is 1.97. The fraction of sp³-hybridized carbons (Fsp3) is 0. The van der Waals surface area contributed by atoms with E-state index in [1.165, 1.54) is 5.54 Å². The van der Waals surface area contributed by atoms with Gasteiger partial charge in [0.25, 0.3) is 5.24 Å². The average Bonchev–Trinajstić information content (AvgIpc) is 2.30. The molecule has 0 spiro atoms. The van der Waals surface area contributed by atoms with E-state index in [2.05, 4.69) is 0 Å². The molecule has 0 unspecified atom stereocenters. The number of halogens is 2. The minimum atomic E-state index is -0.550. The molecule has 2 aromatic rings. The van der Waals surface area contributed by atoms with Crippen LogP contribution in [0.4, 0.5) is 0 Å². The number of carbonyl (C=O) groups is 1. The zero-order valence-corrected chi connectivity index (χ0v) is 9.79. The lowest BCUT2D eigenvalue weighted by Crippen LogP contribution is -1.93. The number of benzene rings is 2. The second kappa shape index (κ2) is 4.69. The van der Waals surface area contributed by atoms with Crippen molar-refractivity contribution in [3.63, 3.8) is 0 Å². The summed E-state index contributed by atoms with van der Waals surface area (Å²) in [5.74, 6) is 0. The minimum absolute atomic E-state index is 0.320. The topological polar surface area (TPSA) is 17.1 Å². The van der Waals surface area contributed by atoms with Gasteiger partial charge in [-0.15, -0.1) is 0 Å². The van der Waals surface area contributed by atoms with Gasteiger partial charge < -0.3 is 0 Å². The van der Waals surface area contributed by atoms with Crippen LogP contribution in [0.2, 0.25) is 0 Å². The minimum Gasteiger partial charge on any atom is -0.276 e. The Morgan fingerprint density at radius 2 is 1.75 bits per heavy atom. The first-order valence-corrected chi connectivity index (χ1v) is 5.54. The van der Waals surface area contributed by atoms with Crippen LogP contribution in [0.25, 0.3) is 16.3 Å². The maximum Gasteiger partial charge on any atom is 0.253 e. The summed E-state index contributed by atoms with van der Waals surface area (Å²) >= 11 is 11.1. The van der Waals surface area contributed by atoms with Gasteiger partial charge in [-0.25, -0.2) is 0 Å². The second-order valence-electron chi connectivity index (χ2n) is 3.32. The monoisotopic (exact) mass is 250 g/mol. The van der Waals surface area contributed by atoms with Crippen molar-refractivity contribution in [3.05, 3.63) is 53.6 Å². The Morgan fingerprint density at radius 3 is 2.44 bits per heavy atom. The van der Waals surface area contributed by atoms with Crippen LogP contribution in [0, 0.1) is 0 Å². The fourth-order valence-corrected chi connectivity index (χ4v) is 2.10. The first-order chi connectivity index (χ1) is 7.74. The van der Waals surface area contributed by atoms with Crippen LogP contribution in [0.3, 0.4) is 0 Å². The summed E-state index contributed by atoms with van der Waals surface area (Å²) in [5, 5.41) is 1.46. The summed E-state index contributed by atoms with van der Waals surface area (Å²) < 4.78 is 0. The Kier molecular flexibility index (Phi) is 3.28. The molecule has 0 heterocycles. The van der Waals surface area contributed by atoms with E-state index in [1.807, 2.05) is 42.5 Å². The molecular weight excluding hydrogens is 243 g/mol. The van der Waals surface area contributed by atoms with Crippen LogP contribution in [-0.2, 0) is 4.79 Å². The van der Waals surface area contributed by atoms with Gasteiger partial charge in [0.15, 0.2) is 0 Å². The average molecular weight is 251 g/mol. The van der Waals surface area contributed by atoms with Gasteiger partial charge in [-0.05, 0) is 27.9 Å². The standard InChI is InChI=1S/C13H8Cl2O/c14-8-12(13(15)16)11-7-3-5-9-4-1-2-6-10(9)11/h1-8H. The molecule has 0 N–H and O–H groups in total. The van der Waals surface area contributed by atoms with E-state index in [1.54, 1.807) is 0 Å². The Balaban J connectivity index is 2.74. The van der Waals surface area contributed by atoms with Gasteiger partial charge in [-0.2, -0.15) is 0 Å². The van der Waals surface area contributed by atoms with E-state index >= 15 is 0 Å². The summed E-state index contributed by atoms with van der Waals surface area (Å²) in [6.45, 7) is 0. The molecule has 0 amide bonds. The molecule has 0 bridgehead atoms. The van der Waals surface area contributed by atoms with Gasteiger partial charge in [0.2, 0.25) is 0 Å². The van der Waals surface area contributed by atoms with Crippen LogP contribution >= 0.6 is 23.2 Å². The molecule has 0 radical (unpaired) electrons. The summed E-state index contributed by atoms with van der Waals surface area (Å²) in [7, 11) is 0. The van der Waals surface area contributed by atoms with Crippen molar-refractivity contribution in [1.82, 2.24) is 0 Å². The highest BCUT2D eigenvalue weighted by atomic mass is 35.5. The zero-order valence-electron chi connectivity index (χ0n) is 8.28. The van der Waals surface area contributed by atoms with E-state index in [4.69, 9.17) is 23.2 Å². The highest BCUT2D eigenvalue weighted by Crippen LogP contribution is 2.26. The molecule has 0 atom stereocenters. The number of allylic oxidation sites excluding steroid dienone is 1. The Hall–Kier alpha value is -1.31. The van der Waals surface area contributed by atoms with Gasteiger partial charge >= 0.3 is 0 Å². The largest absolute Gasteiger partial charge is 0.276 e. The van der Waals surface area contributed by atoms with Gasteiger partial charge in [-0.1, -0.05) is 54.1 Å². The van der Waals surface area contributed by atoms with Crippen molar-refractivity contribution >= 4 is 44.8 Å². The predicted molar refractivity (Wildman–Crippen MR) is 68.6 cm³/mol. The van der Waals surface area contributed by atoms with Crippen molar-refractivity contribution in [2.45, 2.75) is 0 Å². The molecule has 0 aromatic heterocycles. The van der Waals surface area contributed by atoms with Crippen LogP contribution in [-0.4, -0.2) is 5.24 Å². The SMILES string of the molecule is O=C(Cl)C(=CCl)c1cccc2ccccc12. The van der Waals surface area contributed by atoms with Crippen molar-refractivity contribution in [3.8, 4) is 0 Å². The third-order valence-electron chi connectivity index (χ3n) is 2.40. The lowest BCUT2D eigenvalue weighted by molar-refractivity contribution is -0.106. The van der Waals surface area contributed by atoms with Crippen molar-refractivity contribution in [1.29, 1.82) is 0 Å². The molecule has 3 heteroatoms. The molecule has 16 heavy (non-hydrogen) atoms. The molecule has 0 aliphatic carbocycles. The zero-order chi connectivity index (χ0) is 11.5. The van der Waals surface area contributed by atoms with Crippen molar-refractivity contribution in [2.24, 2.45) is 0 Å².